The molecular formula is C24H24N2O2. The highest BCUT2D eigenvalue weighted by Crippen LogP contribution is 2.25. The van der Waals surface area contributed by atoms with Crippen LogP contribution in [0.2, 0.25) is 0 Å². The van der Waals surface area contributed by atoms with Gasteiger partial charge in [-0.1, -0.05) is 73.3 Å². The Balaban J connectivity index is 2.05. The van der Waals surface area contributed by atoms with Gasteiger partial charge in [-0.3, -0.25) is 0 Å². The van der Waals surface area contributed by atoms with E-state index in [-0.39, 0.29) is 6.61 Å². The van der Waals surface area contributed by atoms with Crippen LogP contribution in [-0.4, -0.2) is 15.5 Å². The maximum Gasteiger partial charge on any atom is 0.333 e. The number of rotatable bonds is 8. The summed E-state index contributed by atoms with van der Waals surface area (Å²) >= 11 is 0. The fraction of sp³-hybridized carbons (Fsp3) is 0.167. The number of hydrogen-bond acceptors (Lipinski definition) is 3. The molecule has 4 nitrogen and oxygen atoms in total. The van der Waals surface area contributed by atoms with Crippen molar-refractivity contribution in [1.29, 1.82) is 0 Å². The van der Waals surface area contributed by atoms with Gasteiger partial charge in [0.15, 0.2) is 0 Å². The Labute approximate surface area is 165 Å². The molecule has 0 aliphatic carbocycles. The third-order valence-electron chi connectivity index (χ3n) is 4.40. The van der Waals surface area contributed by atoms with Crippen LogP contribution in [0.3, 0.4) is 0 Å². The van der Waals surface area contributed by atoms with Crippen molar-refractivity contribution < 1.29 is 9.53 Å². The zero-order valence-corrected chi connectivity index (χ0v) is 16.1. The number of carbonyl (C=O) groups excluding carboxylic acids is 1. The zero-order valence-electron chi connectivity index (χ0n) is 16.1. The topological polar surface area (TPSA) is 44.1 Å². The summed E-state index contributed by atoms with van der Waals surface area (Å²) in [7, 11) is 0. The van der Waals surface area contributed by atoms with Crippen LogP contribution in [0.1, 0.15) is 23.9 Å². The first kappa shape index (κ1) is 19.4. The number of benzene rings is 2. The largest absolute Gasteiger partial charge is 0.456 e. The number of hydrogen-bond donors (Lipinski definition) is 0. The molecule has 3 aromatic rings. The van der Waals surface area contributed by atoms with Crippen molar-refractivity contribution >= 4 is 5.97 Å². The van der Waals surface area contributed by atoms with Crippen LogP contribution >= 0.6 is 0 Å². The Bertz CT molecular complexity index is 973. The molecule has 0 bridgehead atoms. The molecule has 0 saturated carbocycles. The fourth-order valence-electron chi connectivity index (χ4n) is 3.02. The van der Waals surface area contributed by atoms with Crippen molar-refractivity contribution in [2.75, 3.05) is 0 Å². The van der Waals surface area contributed by atoms with E-state index in [0.29, 0.717) is 18.5 Å². The monoisotopic (exact) mass is 372 g/mol. The van der Waals surface area contributed by atoms with Crippen LogP contribution in [0.15, 0.2) is 85.5 Å². The second-order valence-corrected chi connectivity index (χ2v) is 6.62. The highest BCUT2D eigenvalue weighted by molar-refractivity contribution is 5.86. The number of allylic oxidation sites excluding steroid dienone is 1. The Morgan fingerprint density at radius 1 is 1.11 bits per heavy atom. The predicted molar refractivity (Wildman–Crippen MR) is 112 cm³/mol. The molecule has 0 atom stereocenters. The van der Waals surface area contributed by atoms with Crippen LogP contribution in [-0.2, 0) is 29.1 Å². The minimum absolute atomic E-state index is 0.108. The first-order valence-corrected chi connectivity index (χ1v) is 9.21. The summed E-state index contributed by atoms with van der Waals surface area (Å²) in [5.74, 6) is 0.436. The van der Waals surface area contributed by atoms with Gasteiger partial charge in [-0.25, -0.2) is 9.78 Å². The Morgan fingerprint density at radius 2 is 1.75 bits per heavy atom. The van der Waals surface area contributed by atoms with Crippen LogP contribution in [0.4, 0.5) is 0 Å². The van der Waals surface area contributed by atoms with Gasteiger partial charge >= 0.3 is 5.97 Å². The minimum Gasteiger partial charge on any atom is -0.456 e. The molecule has 0 aliphatic heterocycles. The minimum atomic E-state index is -0.413. The van der Waals surface area contributed by atoms with E-state index >= 15 is 0 Å². The van der Waals surface area contributed by atoms with Crippen LogP contribution in [0, 0.1) is 0 Å². The maximum absolute atomic E-state index is 11.9. The standard InChI is InChI=1S/C24H24N2O2/c1-4-11-22-21(17-28-24(27)18(2)3)25-23(20-14-9-6-10-15-20)26(22)16-19-12-7-5-8-13-19/h4-10,12-15H,1-2,11,16-17H2,3H3. The van der Waals surface area contributed by atoms with E-state index in [1.807, 2.05) is 54.6 Å². The third-order valence-corrected chi connectivity index (χ3v) is 4.40. The molecule has 0 spiro atoms. The Morgan fingerprint density at radius 3 is 2.36 bits per heavy atom. The summed E-state index contributed by atoms with van der Waals surface area (Å²) in [6, 6.07) is 20.3. The van der Waals surface area contributed by atoms with E-state index in [1.165, 1.54) is 5.56 Å². The lowest BCUT2D eigenvalue weighted by Gasteiger charge is -2.12. The molecule has 1 heterocycles. The van der Waals surface area contributed by atoms with Crippen LogP contribution < -0.4 is 0 Å². The molecule has 0 aliphatic rings. The van der Waals surface area contributed by atoms with Gasteiger partial charge in [0.2, 0.25) is 0 Å². The first-order chi connectivity index (χ1) is 13.6. The van der Waals surface area contributed by atoms with Crippen molar-refractivity contribution in [1.82, 2.24) is 9.55 Å². The van der Waals surface area contributed by atoms with Crippen molar-refractivity contribution in [3.8, 4) is 11.4 Å². The van der Waals surface area contributed by atoms with Gasteiger partial charge in [-0.05, 0) is 12.5 Å². The Hall–Kier alpha value is -3.40. The number of ether oxygens (including phenoxy) is 1. The first-order valence-electron chi connectivity index (χ1n) is 9.21. The summed E-state index contributed by atoms with van der Waals surface area (Å²) in [5, 5.41) is 0. The summed E-state index contributed by atoms with van der Waals surface area (Å²) in [5.41, 5.74) is 4.29. The molecule has 0 amide bonds. The molecule has 0 saturated heterocycles. The van der Waals surface area contributed by atoms with Gasteiger partial charge in [0.25, 0.3) is 0 Å². The average molecular weight is 372 g/mol. The van der Waals surface area contributed by atoms with Crippen molar-refractivity contribution in [3.05, 3.63) is 102 Å². The van der Waals surface area contributed by atoms with E-state index in [2.05, 4.69) is 29.9 Å². The summed E-state index contributed by atoms with van der Waals surface area (Å²) in [6.07, 6.45) is 2.48. The highest BCUT2D eigenvalue weighted by Gasteiger charge is 2.19. The molecule has 0 N–H and O–H groups in total. The smallest absolute Gasteiger partial charge is 0.333 e. The van der Waals surface area contributed by atoms with Gasteiger partial charge in [-0.2, -0.15) is 0 Å². The van der Waals surface area contributed by atoms with Crippen LogP contribution in [0.25, 0.3) is 11.4 Å². The molecule has 0 unspecified atom stereocenters. The average Bonchev–Trinajstić information content (AvgIpc) is 3.05. The summed E-state index contributed by atoms with van der Waals surface area (Å²) in [4.78, 5) is 16.7. The van der Waals surface area contributed by atoms with E-state index in [0.717, 1.165) is 22.8 Å². The van der Waals surface area contributed by atoms with Gasteiger partial charge in [0.1, 0.15) is 18.1 Å². The number of esters is 1. The van der Waals surface area contributed by atoms with Gasteiger partial charge in [0.05, 0.1) is 0 Å². The molecular weight excluding hydrogens is 348 g/mol. The molecule has 4 heteroatoms. The quantitative estimate of drug-likeness (QED) is 0.319. The van der Waals surface area contributed by atoms with Crippen molar-refractivity contribution in [3.63, 3.8) is 0 Å². The second-order valence-electron chi connectivity index (χ2n) is 6.62. The van der Waals surface area contributed by atoms with Gasteiger partial charge in [0, 0.05) is 29.8 Å². The van der Waals surface area contributed by atoms with Crippen molar-refractivity contribution in [2.45, 2.75) is 26.5 Å². The lowest BCUT2D eigenvalue weighted by Crippen LogP contribution is -2.09. The highest BCUT2D eigenvalue weighted by atomic mass is 16.5. The normalized spacial score (nSPS) is 10.5. The molecule has 2 aromatic carbocycles. The Kier molecular flexibility index (Phi) is 6.22. The van der Waals surface area contributed by atoms with Gasteiger partial charge in [-0.15, -0.1) is 6.58 Å². The van der Waals surface area contributed by atoms with Crippen molar-refractivity contribution in [2.24, 2.45) is 0 Å². The number of carbonyl (C=O) groups is 1. The maximum atomic E-state index is 11.9. The molecule has 0 radical (unpaired) electrons. The third kappa shape index (κ3) is 4.46. The fourth-order valence-corrected chi connectivity index (χ4v) is 3.02. The van der Waals surface area contributed by atoms with E-state index < -0.39 is 5.97 Å². The van der Waals surface area contributed by atoms with Gasteiger partial charge < -0.3 is 9.30 Å². The molecule has 0 fully saturated rings. The van der Waals surface area contributed by atoms with Crippen LogP contribution in [0.5, 0.6) is 0 Å². The summed E-state index contributed by atoms with van der Waals surface area (Å²) in [6.45, 7) is 9.94. The molecule has 1 aromatic heterocycles. The zero-order chi connectivity index (χ0) is 19.9. The molecule has 3 rings (SSSR count). The van der Waals surface area contributed by atoms with E-state index in [1.54, 1.807) is 6.92 Å². The predicted octanol–water partition coefficient (Wildman–Crippen LogP) is 4.95. The molecule has 28 heavy (non-hydrogen) atoms. The number of aromatic nitrogens is 2. The van der Waals surface area contributed by atoms with E-state index in [4.69, 9.17) is 9.72 Å². The number of imidazole rings is 1. The lowest BCUT2D eigenvalue weighted by molar-refractivity contribution is -0.140. The second kappa shape index (κ2) is 9.00. The summed E-state index contributed by atoms with van der Waals surface area (Å²) < 4.78 is 7.56. The SMILES string of the molecule is C=CCc1c(COC(=O)C(=C)C)nc(-c2ccccc2)n1Cc1ccccc1. The number of nitrogens with zero attached hydrogens (tertiary/aromatic N) is 2. The molecule has 142 valence electrons. The van der Waals surface area contributed by atoms with E-state index in [9.17, 15) is 4.79 Å². The lowest BCUT2D eigenvalue weighted by atomic mass is 10.1.